The summed E-state index contributed by atoms with van der Waals surface area (Å²) >= 11 is 0. The first-order valence-corrected chi connectivity index (χ1v) is 9.35. The summed E-state index contributed by atoms with van der Waals surface area (Å²) in [4.78, 5) is 27.3. The molecule has 0 bridgehead atoms. The fourth-order valence-corrected chi connectivity index (χ4v) is 3.59. The predicted octanol–water partition coefficient (Wildman–Crippen LogP) is 5.16. The van der Waals surface area contributed by atoms with E-state index in [9.17, 15) is 9.59 Å². The van der Waals surface area contributed by atoms with Crippen molar-refractivity contribution in [1.29, 1.82) is 0 Å². The van der Waals surface area contributed by atoms with Gasteiger partial charge in [0.1, 0.15) is 0 Å². The van der Waals surface area contributed by atoms with Crippen molar-refractivity contribution in [3.05, 3.63) is 71.3 Å². The van der Waals surface area contributed by atoms with Gasteiger partial charge in [-0.15, -0.1) is 0 Å². The van der Waals surface area contributed by atoms with Crippen molar-refractivity contribution in [2.45, 2.75) is 26.7 Å². The Bertz CT molecular complexity index is 1040. The number of aryl methyl sites for hydroxylation is 1. The van der Waals surface area contributed by atoms with Gasteiger partial charge < -0.3 is 10.2 Å². The second kappa shape index (κ2) is 6.88. The van der Waals surface area contributed by atoms with Crippen molar-refractivity contribution >= 4 is 34.0 Å². The number of benzene rings is 3. The number of hydrogen-bond acceptors (Lipinski definition) is 2. The van der Waals surface area contributed by atoms with Gasteiger partial charge in [0.15, 0.2) is 0 Å². The van der Waals surface area contributed by atoms with Crippen LogP contribution in [0.4, 0.5) is 11.4 Å². The smallest absolute Gasteiger partial charge is 0.258 e. The van der Waals surface area contributed by atoms with Crippen molar-refractivity contribution < 1.29 is 9.59 Å². The van der Waals surface area contributed by atoms with E-state index >= 15 is 0 Å². The molecule has 4 nitrogen and oxygen atoms in total. The van der Waals surface area contributed by atoms with Gasteiger partial charge in [0, 0.05) is 34.1 Å². The molecule has 0 radical (unpaired) electrons. The molecule has 0 saturated heterocycles. The highest BCUT2D eigenvalue weighted by Crippen LogP contribution is 2.40. The van der Waals surface area contributed by atoms with Crippen LogP contribution in [0.2, 0.25) is 0 Å². The number of hydrogen-bond donors (Lipinski definition) is 1. The Morgan fingerprint density at radius 1 is 1.04 bits per heavy atom. The summed E-state index contributed by atoms with van der Waals surface area (Å²) in [5.41, 5.74) is 4.11. The minimum Gasteiger partial charge on any atom is -0.321 e. The molecule has 136 valence electrons. The third-order valence-corrected chi connectivity index (χ3v) is 5.08. The Morgan fingerprint density at radius 2 is 1.81 bits per heavy atom. The molecule has 0 spiro atoms. The minimum atomic E-state index is -0.150. The van der Waals surface area contributed by atoms with E-state index in [0.29, 0.717) is 17.7 Å². The Balaban J connectivity index is 1.72. The Morgan fingerprint density at radius 3 is 2.56 bits per heavy atom. The van der Waals surface area contributed by atoms with E-state index < -0.39 is 0 Å². The van der Waals surface area contributed by atoms with E-state index in [0.717, 1.165) is 40.6 Å². The van der Waals surface area contributed by atoms with Gasteiger partial charge in [-0.3, -0.25) is 9.59 Å². The van der Waals surface area contributed by atoms with Crippen LogP contribution in [-0.4, -0.2) is 18.4 Å². The lowest BCUT2D eigenvalue weighted by Crippen LogP contribution is -2.27. The van der Waals surface area contributed by atoms with Crippen molar-refractivity contribution in [3.63, 3.8) is 0 Å². The molecule has 0 aromatic heterocycles. The first-order valence-electron chi connectivity index (χ1n) is 9.35. The van der Waals surface area contributed by atoms with Gasteiger partial charge in [0.2, 0.25) is 0 Å². The topological polar surface area (TPSA) is 49.4 Å². The van der Waals surface area contributed by atoms with Crippen LogP contribution in [0.1, 0.15) is 46.0 Å². The van der Waals surface area contributed by atoms with Gasteiger partial charge in [0.25, 0.3) is 11.8 Å². The maximum Gasteiger partial charge on any atom is 0.258 e. The largest absolute Gasteiger partial charge is 0.321 e. The molecule has 0 aliphatic carbocycles. The highest BCUT2D eigenvalue weighted by atomic mass is 16.2. The molecule has 1 aliphatic heterocycles. The quantitative estimate of drug-likeness (QED) is 0.685. The average Bonchev–Trinajstić information content (AvgIpc) is 2.96. The molecule has 0 saturated carbocycles. The van der Waals surface area contributed by atoms with Gasteiger partial charge in [-0.2, -0.15) is 0 Å². The molecule has 1 heterocycles. The summed E-state index contributed by atoms with van der Waals surface area (Å²) in [6.45, 7) is 4.83. The maximum absolute atomic E-state index is 12.8. The molecule has 2 amide bonds. The monoisotopic (exact) mass is 358 g/mol. The van der Waals surface area contributed by atoms with E-state index in [2.05, 4.69) is 12.2 Å². The number of carbonyl (C=O) groups excluding carboxylic acids is 2. The molecule has 0 fully saturated rings. The summed E-state index contributed by atoms with van der Waals surface area (Å²) in [6, 6.07) is 17.0. The Labute approximate surface area is 158 Å². The van der Waals surface area contributed by atoms with Crippen LogP contribution >= 0.6 is 0 Å². The zero-order valence-corrected chi connectivity index (χ0v) is 15.6. The van der Waals surface area contributed by atoms with Crippen LogP contribution in [0.15, 0.2) is 54.6 Å². The van der Waals surface area contributed by atoms with Crippen LogP contribution in [0.3, 0.4) is 0 Å². The van der Waals surface area contributed by atoms with E-state index in [1.54, 1.807) is 0 Å². The lowest BCUT2D eigenvalue weighted by Gasteiger charge is -2.17. The maximum atomic E-state index is 12.8. The van der Waals surface area contributed by atoms with Crippen LogP contribution in [0.5, 0.6) is 0 Å². The first kappa shape index (κ1) is 17.3. The molecule has 0 unspecified atom stereocenters. The second-order valence-corrected chi connectivity index (χ2v) is 6.99. The molecule has 1 N–H and O–H groups in total. The Hall–Kier alpha value is -3.14. The molecule has 4 rings (SSSR count). The van der Waals surface area contributed by atoms with Gasteiger partial charge in [0.05, 0.1) is 5.69 Å². The number of amides is 2. The third kappa shape index (κ3) is 2.97. The number of unbranched alkanes of at least 4 members (excludes halogenated alkanes) is 1. The molecule has 27 heavy (non-hydrogen) atoms. The minimum absolute atomic E-state index is 0.0473. The standard InChI is InChI=1S/C23H22N2O2/c1-3-4-14-25-20-13-12-19(17-6-5-7-18(21(17)20)23(25)27)24-22(26)16-10-8-15(2)9-11-16/h5-13H,3-4,14H2,1-2H3,(H,24,26). The fraction of sp³-hybridized carbons (Fsp3) is 0.217. The van der Waals surface area contributed by atoms with E-state index in [1.807, 2.05) is 66.4 Å². The number of carbonyl (C=O) groups is 2. The summed E-state index contributed by atoms with van der Waals surface area (Å²) in [6.07, 6.45) is 2.00. The van der Waals surface area contributed by atoms with E-state index in [-0.39, 0.29) is 11.8 Å². The number of rotatable bonds is 5. The Kier molecular flexibility index (Phi) is 4.40. The normalized spacial score (nSPS) is 12.7. The van der Waals surface area contributed by atoms with Gasteiger partial charge >= 0.3 is 0 Å². The number of nitrogens with zero attached hydrogens (tertiary/aromatic N) is 1. The SMILES string of the molecule is CCCCN1C(=O)c2cccc3c(NC(=O)c4ccc(C)cc4)ccc1c23. The van der Waals surface area contributed by atoms with Crippen molar-refractivity contribution in [2.75, 3.05) is 16.8 Å². The lowest BCUT2D eigenvalue weighted by molar-refractivity contribution is 0.0991. The molecule has 3 aromatic carbocycles. The summed E-state index contributed by atoms with van der Waals surface area (Å²) in [5.74, 6) is -0.103. The van der Waals surface area contributed by atoms with Gasteiger partial charge in [-0.1, -0.05) is 43.2 Å². The molecular formula is C23H22N2O2. The third-order valence-electron chi connectivity index (χ3n) is 5.08. The summed E-state index contributed by atoms with van der Waals surface area (Å²) in [5, 5.41) is 4.84. The van der Waals surface area contributed by atoms with Crippen LogP contribution in [0, 0.1) is 6.92 Å². The molecule has 0 atom stereocenters. The fourth-order valence-electron chi connectivity index (χ4n) is 3.59. The van der Waals surface area contributed by atoms with Crippen molar-refractivity contribution in [2.24, 2.45) is 0 Å². The van der Waals surface area contributed by atoms with Crippen LogP contribution in [-0.2, 0) is 0 Å². The second-order valence-electron chi connectivity index (χ2n) is 6.99. The zero-order chi connectivity index (χ0) is 19.0. The van der Waals surface area contributed by atoms with E-state index in [1.165, 1.54) is 0 Å². The zero-order valence-electron chi connectivity index (χ0n) is 15.6. The predicted molar refractivity (Wildman–Crippen MR) is 110 cm³/mol. The molecule has 4 heteroatoms. The highest BCUT2D eigenvalue weighted by Gasteiger charge is 2.30. The molecule has 1 aliphatic rings. The van der Waals surface area contributed by atoms with Crippen LogP contribution in [0.25, 0.3) is 10.8 Å². The molecular weight excluding hydrogens is 336 g/mol. The van der Waals surface area contributed by atoms with Gasteiger partial charge in [-0.25, -0.2) is 0 Å². The number of anilines is 2. The van der Waals surface area contributed by atoms with E-state index in [4.69, 9.17) is 0 Å². The van der Waals surface area contributed by atoms with Crippen molar-refractivity contribution in [1.82, 2.24) is 0 Å². The number of nitrogens with one attached hydrogen (secondary N) is 1. The van der Waals surface area contributed by atoms with Crippen LogP contribution < -0.4 is 10.2 Å². The average molecular weight is 358 g/mol. The summed E-state index contributed by atoms with van der Waals surface area (Å²) in [7, 11) is 0. The summed E-state index contributed by atoms with van der Waals surface area (Å²) < 4.78 is 0. The highest BCUT2D eigenvalue weighted by molar-refractivity contribution is 6.27. The molecule has 3 aromatic rings. The first-order chi connectivity index (χ1) is 13.1. The van der Waals surface area contributed by atoms with Gasteiger partial charge in [-0.05, 0) is 43.7 Å². The lowest BCUT2D eigenvalue weighted by atomic mass is 10.0. The van der Waals surface area contributed by atoms with Crippen molar-refractivity contribution in [3.8, 4) is 0 Å².